The first-order chi connectivity index (χ1) is 11.6. The van der Waals surface area contributed by atoms with Crippen molar-refractivity contribution in [3.05, 3.63) is 34.9 Å². The number of rotatable bonds is 6. The predicted octanol–water partition coefficient (Wildman–Crippen LogP) is 0.912. The molecule has 1 aromatic rings. The fraction of sp³-hybridized carbons (Fsp3) is 0.500. The molecule has 1 heterocycles. The third-order valence-corrected chi connectivity index (χ3v) is 5.49. The van der Waals surface area contributed by atoms with Crippen molar-refractivity contribution in [2.24, 2.45) is 5.73 Å². The average molecular weight is 424 g/mol. The van der Waals surface area contributed by atoms with Crippen LogP contribution in [0.3, 0.4) is 0 Å². The summed E-state index contributed by atoms with van der Waals surface area (Å²) in [6, 6.07) is 5.37. The summed E-state index contributed by atoms with van der Waals surface area (Å²) in [6.07, 6.45) is 1.29. The molecule has 1 aromatic carbocycles. The van der Waals surface area contributed by atoms with E-state index in [0.29, 0.717) is 5.02 Å². The molecule has 1 saturated heterocycles. The molecule has 3 unspecified atom stereocenters. The van der Waals surface area contributed by atoms with E-state index in [-0.39, 0.29) is 43.0 Å². The highest BCUT2D eigenvalue weighted by Gasteiger charge is 2.39. The maximum absolute atomic E-state index is 12.3. The van der Waals surface area contributed by atoms with Crippen LogP contribution in [0.25, 0.3) is 0 Å². The first-order valence-electron chi connectivity index (χ1n) is 7.83. The number of carbonyl (C=O) groups excluding carboxylic acids is 2. The Balaban J connectivity index is 0.00000338. The number of likely N-dealkylation sites (tertiary alicyclic amines) is 1. The van der Waals surface area contributed by atoms with Crippen LogP contribution in [-0.2, 0) is 19.4 Å². The maximum atomic E-state index is 12.3. The van der Waals surface area contributed by atoms with Gasteiger partial charge in [-0.3, -0.25) is 9.59 Å². The van der Waals surface area contributed by atoms with Crippen LogP contribution >= 0.6 is 24.0 Å². The highest BCUT2D eigenvalue weighted by Crippen LogP contribution is 2.32. The van der Waals surface area contributed by atoms with Gasteiger partial charge in [-0.25, -0.2) is 8.42 Å². The van der Waals surface area contributed by atoms with E-state index in [0.717, 1.165) is 11.8 Å². The van der Waals surface area contributed by atoms with Crippen molar-refractivity contribution in [2.45, 2.75) is 31.0 Å². The number of benzene rings is 1. The van der Waals surface area contributed by atoms with Crippen LogP contribution in [0.4, 0.5) is 0 Å². The molecule has 0 aromatic heterocycles. The van der Waals surface area contributed by atoms with Crippen molar-refractivity contribution in [1.82, 2.24) is 10.2 Å². The van der Waals surface area contributed by atoms with Gasteiger partial charge in [0.05, 0.1) is 23.9 Å². The van der Waals surface area contributed by atoms with Crippen LogP contribution in [0, 0.1) is 0 Å². The van der Waals surface area contributed by atoms with Crippen LogP contribution in [0.1, 0.15) is 24.4 Å². The van der Waals surface area contributed by atoms with Crippen molar-refractivity contribution in [2.75, 3.05) is 19.1 Å². The lowest BCUT2D eigenvalue weighted by Crippen LogP contribution is -2.47. The second-order valence-corrected chi connectivity index (χ2v) is 9.04. The Morgan fingerprint density at radius 2 is 1.96 bits per heavy atom. The Kier molecular flexibility index (Phi) is 7.88. The van der Waals surface area contributed by atoms with Crippen LogP contribution < -0.4 is 11.1 Å². The predicted molar refractivity (Wildman–Crippen MR) is 103 cm³/mol. The molecule has 7 nitrogen and oxygen atoms in total. The molecular formula is C16H23Cl2N3O4S. The number of nitrogens with one attached hydrogen (secondary N) is 1. The van der Waals surface area contributed by atoms with E-state index in [1.165, 1.54) is 0 Å². The normalized spacial score (nSPS) is 21.2. The average Bonchev–Trinajstić information content (AvgIpc) is 2.79. The summed E-state index contributed by atoms with van der Waals surface area (Å²) in [5.41, 5.74) is 6.64. The Labute approximate surface area is 164 Å². The van der Waals surface area contributed by atoms with Crippen LogP contribution in [0.2, 0.25) is 5.02 Å². The van der Waals surface area contributed by atoms with Crippen molar-refractivity contribution in [3.63, 3.8) is 0 Å². The molecule has 26 heavy (non-hydrogen) atoms. The van der Waals surface area contributed by atoms with E-state index in [9.17, 15) is 18.0 Å². The number of likely N-dealkylation sites (N-methyl/N-ethyl adjacent to an activating group) is 1. The number of amides is 2. The number of hydrogen-bond acceptors (Lipinski definition) is 5. The molecule has 146 valence electrons. The van der Waals surface area contributed by atoms with Gasteiger partial charge >= 0.3 is 0 Å². The smallest absolute Gasteiger partial charge is 0.237 e. The van der Waals surface area contributed by atoms with Crippen LogP contribution in [0.5, 0.6) is 0 Å². The monoisotopic (exact) mass is 423 g/mol. The second kappa shape index (κ2) is 9.03. The summed E-state index contributed by atoms with van der Waals surface area (Å²) >= 11 is 5.90. The van der Waals surface area contributed by atoms with Crippen LogP contribution in [-0.4, -0.2) is 56.3 Å². The minimum Gasteiger partial charge on any atom is -0.349 e. The maximum Gasteiger partial charge on any atom is 0.237 e. The molecule has 3 atom stereocenters. The van der Waals surface area contributed by atoms with E-state index < -0.39 is 27.8 Å². The van der Waals surface area contributed by atoms with Crippen molar-refractivity contribution < 1.29 is 18.0 Å². The largest absolute Gasteiger partial charge is 0.349 e. The molecule has 0 radical (unpaired) electrons. The zero-order chi connectivity index (χ0) is 18.8. The Morgan fingerprint density at radius 1 is 1.38 bits per heavy atom. The lowest BCUT2D eigenvalue weighted by Gasteiger charge is -2.27. The molecule has 0 bridgehead atoms. The molecular weight excluding hydrogens is 401 g/mol. The second-order valence-electron chi connectivity index (χ2n) is 6.35. The van der Waals surface area contributed by atoms with Crippen molar-refractivity contribution in [1.29, 1.82) is 0 Å². The molecule has 1 fully saturated rings. The molecule has 0 saturated carbocycles. The number of sulfone groups is 1. The van der Waals surface area contributed by atoms with Gasteiger partial charge in [0, 0.05) is 24.7 Å². The topological polar surface area (TPSA) is 110 Å². The minimum absolute atomic E-state index is 0. The summed E-state index contributed by atoms with van der Waals surface area (Å²) in [7, 11) is -1.51. The molecule has 1 aliphatic heterocycles. The summed E-state index contributed by atoms with van der Waals surface area (Å²) in [6.45, 7) is 0. The number of nitrogens with zero attached hydrogens (tertiary/aromatic N) is 1. The number of carbonyl (C=O) groups is 2. The fourth-order valence-corrected chi connectivity index (χ4v) is 3.68. The van der Waals surface area contributed by atoms with E-state index in [2.05, 4.69) is 5.32 Å². The van der Waals surface area contributed by atoms with E-state index >= 15 is 0 Å². The summed E-state index contributed by atoms with van der Waals surface area (Å²) in [4.78, 5) is 25.9. The zero-order valence-corrected chi connectivity index (χ0v) is 16.9. The van der Waals surface area contributed by atoms with E-state index in [4.69, 9.17) is 17.3 Å². The molecule has 1 aliphatic rings. The number of hydrogen-bond donors (Lipinski definition) is 2. The Bertz CT molecular complexity index is 755. The van der Waals surface area contributed by atoms with Crippen LogP contribution in [0.15, 0.2) is 24.3 Å². The molecule has 2 amide bonds. The Hall–Kier alpha value is -1.35. The van der Waals surface area contributed by atoms with Crippen molar-refractivity contribution >= 4 is 45.7 Å². The van der Waals surface area contributed by atoms with Gasteiger partial charge in [-0.1, -0.05) is 23.7 Å². The van der Waals surface area contributed by atoms with Gasteiger partial charge in [0.2, 0.25) is 11.8 Å². The third kappa shape index (κ3) is 5.84. The zero-order valence-electron chi connectivity index (χ0n) is 14.5. The van der Waals surface area contributed by atoms with E-state index in [1.54, 1.807) is 24.1 Å². The number of halogens is 2. The van der Waals surface area contributed by atoms with Crippen molar-refractivity contribution in [3.8, 4) is 0 Å². The van der Waals surface area contributed by atoms with Gasteiger partial charge in [0.25, 0.3) is 0 Å². The first-order valence-corrected chi connectivity index (χ1v) is 10.3. The standard InChI is InChI=1S/C16H22ClN3O4S.ClH/c1-20-14(21)9-13(15(20)10-3-5-11(17)6-4-10)19-16(22)12(18)7-8-25(2,23)24;/h3-6,12-13,15H,7-9,18H2,1-2H3,(H,19,22);1H. The molecule has 2 rings (SSSR count). The summed E-state index contributed by atoms with van der Waals surface area (Å²) in [5, 5.41) is 3.37. The lowest BCUT2D eigenvalue weighted by atomic mass is 9.99. The SMILES string of the molecule is CN1C(=O)CC(NC(=O)C(N)CCS(C)(=O)=O)C1c1ccc(Cl)cc1.Cl. The molecule has 0 spiro atoms. The third-order valence-electron chi connectivity index (χ3n) is 4.26. The van der Waals surface area contributed by atoms with Gasteiger partial charge in [-0.15, -0.1) is 12.4 Å². The van der Waals surface area contributed by atoms with Gasteiger partial charge in [0.1, 0.15) is 9.84 Å². The van der Waals surface area contributed by atoms with Gasteiger partial charge < -0.3 is 16.0 Å². The lowest BCUT2D eigenvalue weighted by molar-refractivity contribution is -0.127. The molecule has 0 aliphatic carbocycles. The van der Waals surface area contributed by atoms with Gasteiger partial charge in [0.15, 0.2) is 0 Å². The fourth-order valence-electron chi connectivity index (χ4n) is 2.88. The summed E-state index contributed by atoms with van der Waals surface area (Å²) < 4.78 is 22.4. The Morgan fingerprint density at radius 3 is 2.50 bits per heavy atom. The first kappa shape index (κ1) is 22.7. The quantitative estimate of drug-likeness (QED) is 0.706. The summed E-state index contributed by atoms with van der Waals surface area (Å²) in [5.74, 6) is -0.711. The minimum atomic E-state index is -3.19. The highest BCUT2D eigenvalue weighted by molar-refractivity contribution is 7.90. The highest BCUT2D eigenvalue weighted by atomic mass is 35.5. The van der Waals surface area contributed by atoms with E-state index in [1.807, 2.05) is 12.1 Å². The molecule has 3 N–H and O–H groups in total. The molecule has 10 heteroatoms. The van der Waals surface area contributed by atoms with Gasteiger partial charge in [-0.05, 0) is 24.1 Å². The number of nitrogens with two attached hydrogens (primary N) is 1. The van der Waals surface area contributed by atoms with Gasteiger partial charge in [-0.2, -0.15) is 0 Å².